The maximum absolute atomic E-state index is 12.2. The third-order valence-corrected chi connectivity index (χ3v) is 3.98. The van der Waals surface area contributed by atoms with Gasteiger partial charge < -0.3 is 10.4 Å². The fourth-order valence-corrected chi connectivity index (χ4v) is 2.92. The van der Waals surface area contributed by atoms with Crippen molar-refractivity contribution in [2.45, 2.75) is 25.4 Å². The van der Waals surface area contributed by atoms with Crippen molar-refractivity contribution in [1.29, 1.82) is 0 Å². The molecule has 0 aliphatic carbocycles. The Hall–Kier alpha value is -2.47. The van der Waals surface area contributed by atoms with Gasteiger partial charge >= 0.3 is 0 Å². The minimum atomic E-state index is -0.130. The molecule has 0 unspecified atom stereocenters. The Balaban J connectivity index is 1.57. The van der Waals surface area contributed by atoms with Crippen LogP contribution in [-0.4, -0.2) is 45.0 Å². The fourth-order valence-electron chi connectivity index (χ4n) is 2.92. The van der Waals surface area contributed by atoms with Crippen LogP contribution in [0.5, 0.6) is 5.75 Å². The topological polar surface area (TPSA) is 78.4 Å². The molecule has 0 saturated carbocycles. The molecule has 2 aromatic rings. The molecule has 1 fully saturated rings. The second kappa shape index (κ2) is 7.19. The van der Waals surface area contributed by atoms with Crippen molar-refractivity contribution in [2.24, 2.45) is 0 Å². The molecule has 6 nitrogen and oxygen atoms in total. The van der Waals surface area contributed by atoms with Gasteiger partial charge in [0, 0.05) is 31.5 Å². The van der Waals surface area contributed by atoms with Crippen LogP contribution in [0.4, 0.5) is 0 Å². The standard InChI is InChI=1S/C17H20N4O2/c22-16-5-1-3-13(7-16)10-21-6-2-4-15(11-21)20-17(23)14-8-18-12-19-9-14/h1,3,5,7-9,12,15,22H,2,4,6,10-11H2,(H,20,23)/t15-/m0/s1. The molecular weight excluding hydrogens is 292 g/mol. The Labute approximate surface area is 135 Å². The van der Waals surface area contributed by atoms with Crippen LogP contribution in [-0.2, 0) is 6.54 Å². The van der Waals surface area contributed by atoms with Crippen LogP contribution >= 0.6 is 0 Å². The van der Waals surface area contributed by atoms with Gasteiger partial charge in [0.2, 0.25) is 0 Å². The summed E-state index contributed by atoms with van der Waals surface area (Å²) in [6, 6.07) is 7.43. The molecule has 1 aliphatic heterocycles. The van der Waals surface area contributed by atoms with E-state index in [-0.39, 0.29) is 17.7 Å². The number of amides is 1. The zero-order chi connectivity index (χ0) is 16.1. The van der Waals surface area contributed by atoms with E-state index in [0.29, 0.717) is 5.56 Å². The first-order valence-electron chi connectivity index (χ1n) is 7.77. The van der Waals surface area contributed by atoms with E-state index >= 15 is 0 Å². The van der Waals surface area contributed by atoms with Crippen LogP contribution in [0.1, 0.15) is 28.8 Å². The van der Waals surface area contributed by atoms with Crippen molar-refractivity contribution in [3.05, 3.63) is 54.1 Å². The molecule has 1 aromatic heterocycles. The molecule has 23 heavy (non-hydrogen) atoms. The number of piperidine rings is 1. The van der Waals surface area contributed by atoms with Crippen LogP contribution in [0, 0.1) is 0 Å². The minimum absolute atomic E-state index is 0.119. The first-order chi connectivity index (χ1) is 11.2. The lowest BCUT2D eigenvalue weighted by Crippen LogP contribution is -2.47. The number of hydrogen-bond donors (Lipinski definition) is 2. The van der Waals surface area contributed by atoms with Crippen LogP contribution in [0.2, 0.25) is 0 Å². The van der Waals surface area contributed by atoms with Gasteiger partial charge in [-0.25, -0.2) is 9.97 Å². The van der Waals surface area contributed by atoms with E-state index in [1.54, 1.807) is 12.1 Å². The number of carbonyl (C=O) groups excluding carboxylic acids is 1. The molecule has 0 radical (unpaired) electrons. The van der Waals surface area contributed by atoms with E-state index in [4.69, 9.17) is 0 Å². The molecule has 6 heteroatoms. The minimum Gasteiger partial charge on any atom is -0.508 e. The summed E-state index contributed by atoms with van der Waals surface area (Å²) in [6.07, 6.45) is 6.46. The van der Waals surface area contributed by atoms with Gasteiger partial charge in [-0.1, -0.05) is 12.1 Å². The predicted molar refractivity (Wildman–Crippen MR) is 85.9 cm³/mol. The SMILES string of the molecule is O=C(N[C@H]1CCCN(Cc2cccc(O)c2)C1)c1cncnc1. The van der Waals surface area contributed by atoms with E-state index in [1.807, 2.05) is 12.1 Å². The molecule has 0 spiro atoms. The van der Waals surface area contributed by atoms with Gasteiger partial charge in [0.1, 0.15) is 12.1 Å². The number of phenols is 1. The Kier molecular flexibility index (Phi) is 4.83. The highest BCUT2D eigenvalue weighted by Gasteiger charge is 2.22. The van der Waals surface area contributed by atoms with E-state index in [1.165, 1.54) is 18.7 Å². The summed E-state index contributed by atoms with van der Waals surface area (Å²) in [4.78, 5) is 22.2. The van der Waals surface area contributed by atoms with E-state index in [0.717, 1.165) is 38.0 Å². The third kappa shape index (κ3) is 4.26. The lowest BCUT2D eigenvalue weighted by molar-refractivity contribution is 0.0900. The number of phenolic OH excluding ortho intramolecular Hbond substituents is 1. The number of aromatic nitrogens is 2. The number of hydrogen-bond acceptors (Lipinski definition) is 5. The third-order valence-electron chi connectivity index (χ3n) is 3.98. The first-order valence-corrected chi connectivity index (χ1v) is 7.77. The van der Waals surface area contributed by atoms with E-state index in [2.05, 4.69) is 20.2 Å². The Bertz CT molecular complexity index is 663. The maximum Gasteiger partial charge on any atom is 0.254 e. The lowest BCUT2D eigenvalue weighted by atomic mass is 10.0. The average Bonchev–Trinajstić information content (AvgIpc) is 2.56. The lowest BCUT2D eigenvalue weighted by Gasteiger charge is -2.33. The van der Waals surface area contributed by atoms with Crippen molar-refractivity contribution in [3.63, 3.8) is 0 Å². The van der Waals surface area contributed by atoms with Crippen molar-refractivity contribution in [3.8, 4) is 5.75 Å². The largest absolute Gasteiger partial charge is 0.508 e. The highest BCUT2D eigenvalue weighted by molar-refractivity contribution is 5.93. The number of nitrogens with zero attached hydrogens (tertiary/aromatic N) is 3. The number of benzene rings is 1. The van der Waals surface area contributed by atoms with E-state index < -0.39 is 0 Å². The van der Waals surface area contributed by atoms with Gasteiger partial charge in [-0.3, -0.25) is 9.69 Å². The number of rotatable bonds is 4. The number of nitrogens with one attached hydrogen (secondary N) is 1. The number of likely N-dealkylation sites (tertiary alicyclic amines) is 1. The molecular formula is C17H20N4O2. The zero-order valence-corrected chi connectivity index (χ0v) is 12.9. The summed E-state index contributed by atoms with van der Waals surface area (Å²) >= 11 is 0. The van der Waals surface area contributed by atoms with Gasteiger partial charge in [-0.15, -0.1) is 0 Å². The van der Waals surface area contributed by atoms with Crippen LogP contribution < -0.4 is 5.32 Å². The Morgan fingerprint density at radius 1 is 1.35 bits per heavy atom. The van der Waals surface area contributed by atoms with Crippen LogP contribution in [0.3, 0.4) is 0 Å². The van der Waals surface area contributed by atoms with Gasteiger partial charge in [0.15, 0.2) is 0 Å². The van der Waals surface area contributed by atoms with Gasteiger partial charge in [0.05, 0.1) is 5.56 Å². The Morgan fingerprint density at radius 3 is 2.96 bits per heavy atom. The van der Waals surface area contributed by atoms with Crippen molar-refractivity contribution in [2.75, 3.05) is 13.1 Å². The summed E-state index contributed by atoms with van der Waals surface area (Å²) < 4.78 is 0. The molecule has 1 aliphatic rings. The van der Waals surface area contributed by atoms with Crippen LogP contribution in [0.15, 0.2) is 43.0 Å². The maximum atomic E-state index is 12.2. The first kappa shape index (κ1) is 15.4. The summed E-state index contributed by atoms with van der Waals surface area (Å²) in [5.41, 5.74) is 1.56. The Morgan fingerprint density at radius 2 is 2.17 bits per heavy atom. The monoisotopic (exact) mass is 312 g/mol. The quantitative estimate of drug-likeness (QED) is 0.896. The summed E-state index contributed by atoms with van der Waals surface area (Å²) in [7, 11) is 0. The van der Waals surface area contributed by atoms with Crippen LogP contribution in [0.25, 0.3) is 0 Å². The summed E-state index contributed by atoms with van der Waals surface area (Å²) in [5, 5.41) is 12.6. The van der Waals surface area contributed by atoms with Crippen molar-refractivity contribution < 1.29 is 9.90 Å². The average molecular weight is 312 g/mol. The van der Waals surface area contributed by atoms with E-state index in [9.17, 15) is 9.90 Å². The molecule has 1 saturated heterocycles. The molecule has 2 heterocycles. The number of carbonyl (C=O) groups is 1. The number of aromatic hydroxyl groups is 1. The van der Waals surface area contributed by atoms with Crippen molar-refractivity contribution in [1.82, 2.24) is 20.2 Å². The van der Waals surface area contributed by atoms with Gasteiger partial charge in [-0.2, -0.15) is 0 Å². The van der Waals surface area contributed by atoms with Gasteiger partial charge in [0.25, 0.3) is 5.91 Å². The normalized spacial score (nSPS) is 18.5. The highest BCUT2D eigenvalue weighted by atomic mass is 16.3. The van der Waals surface area contributed by atoms with Crippen molar-refractivity contribution >= 4 is 5.91 Å². The molecule has 0 bridgehead atoms. The summed E-state index contributed by atoms with van der Waals surface area (Å²) in [6.45, 7) is 2.57. The molecule has 120 valence electrons. The molecule has 2 N–H and O–H groups in total. The second-order valence-corrected chi connectivity index (χ2v) is 5.84. The second-order valence-electron chi connectivity index (χ2n) is 5.84. The fraction of sp³-hybridized carbons (Fsp3) is 0.353. The van der Waals surface area contributed by atoms with Gasteiger partial charge in [-0.05, 0) is 37.1 Å². The molecule has 1 aromatic carbocycles. The summed E-state index contributed by atoms with van der Waals surface area (Å²) in [5.74, 6) is 0.156. The molecule has 3 rings (SSSR count). The molecule has 1 atom stereocenters. The smallest absolute Gasteiger partial charge is 0.254 e. The molecule has 1 amide bonds. The zero-order valence-electron chi connectivity index (χ0n) is 12.9. The predicted octanol–water partition coefficient (Wildman–Crippen LogP) is 1.58. The highest BCUT2D eigenvalue weighted by Crippen LogP contribution is 2.17.